The number of alkyl carbamates (subject to hydrolysis) is 1. The van der Waals surface area contributed by atoms with E-state index in [0.29, 0.717) is 30.5 Å². The molecule has 2 fully saturated rings. The summed E-state index contributed by atoms with van der Waals surface area (Å²) in [5, 5.41) is 15.7. The Balaban J connectivity index is 1.50. The summed E-state index contributed by atoms with van der Waals surface area (Å²) >= 11 is 0. The first-order valence-corrected chi connectivity index (χ1v) is 19.9. The highest BCUT2D eigenvalue weighted by Crippen LogP contribution is 2.30. The summed E-state index contributed by atoms with van der Waals surface area (Å²) in [5.74, 6) is -5.23. The van der Waals surface area contributed by atoms with Crippen LogP contribution < -0.4 is 37.6 Å². The molecule has 2 aliphatic rings. The Kier molecular flexibility index (Phi) is 17.0. The summed E-state index contributed by atoms with van der Waals surface area (Å²) in [4.78, 5) is 107. The van der Waals surface area contributed by atoms with Gasteiger partial charge in [0.15, 0.2) is 0 Å². The molecule has 1 saturated heterocycles. The molecule has 2 unspecified atom stereocenters. The number of urea groups is 1. The lowest BCUT2D eigenvalue weighted by molar-refractivity contribution is -0.143. The Morgan fingerprint density at radius 1 is 0.862 bits per heavy atom. The summed E-state index contributed by atoms with van der Waals surface area (Å²) in [6, 6.07) is 11.0. The van der Waals surface area contributed by atoms with E-state index in [-0.39, 0.29) is 37.8 Å². The highest BCUT2D eigenvalue weighted by Gasteiger charge is 2.45. The maximum absolute atomic E-state index is 14.5. The molecule has 58 heavy (non-hydrogen) atoms. The predicted molar refractivity (Wildman–Crippen MR) is 214 cm³/mol. The number of carbonyl (C=O) groups excluding carboxylic acids is 8. The smallest absolute Gasteiger partial charge is 0.407 e. The molecule has 0 bridgehead atoms. The largest absolute Gasteiger partial charge is 0.449 e. The van der Waals surface area contributed by atoms with Crippen molar-refractivity contribution in [1.82, 2.24) is 31.5 Å². The third-order valence-electron chi connectivity index (χ3n) is 10.0. The number of ether oxygens (including phenoxy) is 1. The minimum absolute atomic E-state index is 0.0309. The van der Waals surface area contributed by atoms with E-state index in [2.05, 4.69) is 31.9 Å². The van der Waals surface area contributed by atoms with Gasteiger partial charge in [-0.25, -0.2) is 9.59 Å². The Morgan fingerprint density at radius 3 is 2.14 bits per heavy atom. The second-order valence-electron chi connectivity index (χ2n) is 15.1. The number of anilines is 1. The molecule has 5 atom stereocenters. The topological polar surface area (TPSA) is 247 Å². The van der Waals surface area contributed by atoms with Crippen molar-refractivity contribution in [2.45, 2.75) is 102 Å². The van der Waals surface area contributed by atoms with Gasteiger partial charge in [-0.05, 0) is 55.2 Å². The molecule has 8 N–H and O–H groups in total. The van der Waals surface area contributed by atoms with Gasteiger partial charge in [0.2, 0.25) is 29.4 Å². The molecule has 0 aromatic heterocycles. The molecule has 0 radical (unpaired) electrons. The van der Waals surface area contributed by atoms with Crippen molar-refractivity contribution in [1.29, 1.82) is 0 Å². The van der Waals surface area contributed by atoms with Gasteiger partial charge in [-0.1, -0.05) is 95.0 Å². The number of primary amides is 1. The van der Waals surface area contributed by atoms with Crippen LogP contribution >= 0.6 is 0 Å². The molecule has 17 heteroatoms. The molecule has 1 heterocycles. The number of carbonyl (C=O) groups is 8. The van der Waals surface area contributed by atoms with Gasteiger partial charge in [-0.3, -0.25) is 28.8 Å². The van der Waals surface area contributed by atoms with Crippen molar-refractivity contribution in [3.05, 3.63) is 66.2 Å². The number of Topliss-reactive ketones (excluding diaryl/α,β-unsaturated/α-hetero) is 1. The lowest BCUT2D eigenvalue weighted by Crippen LogP contribution is -2.58. The molecule has 2 aromatic rings. The number of rotatable bonds is 18. The summed E-state index contributed by atoms with van der Waals surface area (Å²) in [6.45, 7) is 4.92. The van der Waals surface area contributed by atoms with Crippen LogP contribution in [0.1, 0.15) is 83.7 Å². The quantitative estimate of drug-likeness (QED) is 0.109. The van der Waals surface area contributed by atoms with Crippen LogP contribution in [0.25, 0.3) is 0 Å². The Labute approximate surface area is 338 Å². The Bertz CT molecular complexity index is 1750. The molecule has 8 amide bonds. The van der Waals surface area contributed by atoms with Gasteiger partial charge in [0.25, 0.3) is 5.91 Å². The molecule has 17 nitrogen and oxygen atoms in total. The van der Waals surface area contributed by atoms with E-state index in [0.717, 1.165) is 19.3 Å². The monoisotopic (exact) mass is 804 g/mol. The fourth-order valence-electron chi connectivity index (χ4n) is 7.15. The van der Waals surface area contributed by atoms with Crippen molar-refractivity contribution in [3.8, 4) is 0 Å². The number of benzene rings is 2. The van der Waals surface area contributed by atoms with Crippen LogP contribution in [0.3, 0.4) is 0 Å². The van der Waals surface area contributed by atoms with Crippen LogP contribution in [-0.4, -0.2) is 96.2 Å². The van der Waals surface area contributed by atoms with Crippen LogP contribution in [0.5, 0.6) is 0 Å². The van der Waals surface area contributed by atoms with Gasteiger partial charge in [-0.15, -0.1) is 0 Å². The number of para-hydroxylation sites is 1. The third kappa shape index (κ3) is 13.3. The number of hydrogen-bond donors (Lipinski definition) is 7. The van der Waals surface area contributed by atoms with Gasteiger partial charge in [0, 0.05) is 12.2 Å². The fraction of sp³-hybridized carbons (Fsp3) is 0.512. The maximum Gasteiger partial charge on any atom is 0.407 e. The van der Waals surface area contributed by atoms with E-state index in [1.165, 1.54) is 4.90 Å². The molecular formula is C41H56N8O9. The van der Waals surface area contributed by atoms with Crippen LogP contribution in [0.4, 0.5) is 15.3 Å². The van der Waals surface area contributed by atoms with Crippen molar-refractivity contribution in [2.24, 2.45) is 17.6 Å². The summed E-state index contributed by atoms with van der Waals surface area (Å²) < 4.78 is 5.37. The predicted octanol–water partition coefficient (Wildman–Crippen LogP) is 2.42. The average Bonchev–Trinajstić information content (AvgIpc) is 3.64. The zero-order chi connectivity index (χ0) is 42.2. The first-order chi connectivity index (χ1) is 27.8. The maximum atomic E-state index is 14.5. The molecule has 4 rings (SSSR count). The summed E-state index contributed by atoms with van der Waals surface area (Å²) in [7, 11) is 0. The number of amides is 8. The molecular weight excluding hydrogens is 748 g/mol. The van der Waals surface area contributed by atoms with Crippen molar-refractivity contribution in [3.63, 3.8) is 0 Å². The third-order valence-corrected chi connectivity index (χ3v) is 10.0. The molecule has 1 saturated carbocycles. The van der Waals surface area contributed by atoms with E-state index >= 15 is 0 Å². The van der Waals surface area contributed by atoms with Gasteiger partial charge in [0.05, 0.1) is 25.2 Å². The molecule has 1 aliphatic heterocycles. The second kappa shape index (κ2) is 22.1. The standard InChI is InChI=1S/C41H56N8O9/c1-4-14-30(35(51)38(54)43-22-32(50)47-33(36(42)52)26-15-8-5-9-16-26)46-37(53)31-21-29(45-40(56)44-28-19-12-7-13-20-28)23-49(31)39(55)34(27-17-10-6-11-18-27)48-41(57)58-24-25(2)3/h5,7-9,12-13,15-16,19-20,25,27,29-31,33-34H,4,6,10-11,14,17-18,21-24H2,1-3H3,(H2,42,52)(H,43,54)(H,46,53)(H,47,50)(H,48,57)(H2,44,45,56)/t29-,30?,31?,33+,34+/m1/s1. The molecule has 0 spiro atoms. The Morgan fingerprint density at radius 2 is 1.52 bits per heavy atom. The van der Waals surface area contributed by atoms with E-state index in [9.17, 15) is 38.4 Å². The molecule has 1 aliphatic carbocycles. The van der Waals surface area contributed by atoms with Gasteiger partial charge in [-0.2, -0.15) is 0 Å². The first kappa shape index (κ1) is 44.7. The van der Waals surface area contributed by atoms with Crippen molar-refractivity contribution in [2.75, 3.05) is 25.0 Å². The lowest BCUT2D eigenvalue weighted by Gasteiger charge is -2.34. The minimum Gasteiger partial charge on any atom is -0.449 e. The van der Waals surface area contributed by atoms with E-state index in [4.69, 9.17) is 10.5 Å². The second-order valence-corrected chi connectivity index (χ2v) is 15.1. The van der Waals surface area contributed by atoms with Gasteiger partial charge >= 0.3 is 12.1 Å². The highest BCUT2D eigenvalue weighted by molar-refractivity contribution is 6.38. The summed E-state index contributed by atoms with van der Waals surface area (Å²) in [5.41, 5.74) is 6.43. The lowest BCUT2D eigenvalue weighted by atomic mass is 9.83. The van der Waals surface area contributed by atoms with Crippen molar-refractivity contribution >= 4 is 53.1 Å². The fourth-order valence-corrected chi connectivity index (χ4v) is 7.15. The van der Waals surface area contributed by atoms with Crippen LogP contribution in [0, 0.1) is 11.8 Å². The van der Waals surface area contributed by atoms with Gasteiger partial charge in [0.1, 0.15) is 18.1 Å². The zero-order valence-electron chi connectivity index (χ0n) is 33.3. The van der Waals surface area contributed by atoms with Crippen LogP contribution in [0.15, 0.2) is 60.7 Å². The van der Waals surface area contributed by atoms with E-state index in [1.54, 1.807) is 67.6 Å². The number of hydrogen-bond acceptors (Lipinski definition) is 9. The van der Waals surface area contributed by atoms with E-state index < -0.39 is 84.2 Å². The zero-order valence-corrected chi connectivity index (χ0v) is 33.3. The minimum atomic E-state index is -1.33. The van der Waals surface area contributed by atoms with Crippen molar-refractivity contribution < 1.29 is 43.1 Å². The summed E-state index contributed by atoms with van der Waals surface area (Å²) in [6.07, 6.45) is 3.68. The van der Waals surface area contributed by atoms with Gasteiger partial charge < -0.3 is 47.3 Å². The molecule has 2 aromatic carbocycles. The highest BCUT2D eigenvalue weighted by atomic mass is 16.5. The van der Waals surface area contributed by atoms with Crippen LogP contribution in [0.2, 0.25) is 0 Å². The number of nitrogens with zero attached hydrogens (tertiary/aromatic N) is 1. The number of ketones is 1. The van der Waals surface area contributed by atoms with E-state index in [1.807, 2.05) is 13.8 Å². The normalized spacial score (nSPS) is 18.2. The molecule has 314 valence electrons. The first-order valence-electron chi connectivity index (χ1n) is 19.9. The van der Waals surface area contributed by atoms with Crippen LogP contribution in [-0.2, 0) is 33.5 Å². The Hall–Kier alpha value is -6.00. The number of nitrogens with two attached hydrogens (primary N) is 1. The SMILES string of the molecule is CCCC(NC(=O)C1C[C@@H](NC(=O)Nc2ccccc2)CN1C(=O)[C@@H](NC(=O)OCC(C)C)C1CCCCC1)C(=O)C(=O)NCC(=O)N[C@H](C(N)=O)c1ccccc1. The number of nitrogens with one attached hydrogen (secondary N) is 6. The number of likely N-dealkylation sites (tertiary alicyclic amines) is 1. The average molecular weight is 805 g/mol.